The third kappa shape index (κ3) is 63.0. The quantitative estimate of drug-likeness (QED) is 0.0261. The number of hydrogen-bond acceptors (Lipinski definition) is 6. The molecule has 0 aromatic rings. The van der Waals surface area contributed by atoms with Gasteiger partial charge < -0.3 is 14.2 Å². The Labute approximate surface area is 477 Å². The minimum absolute atomic E-state index is 0.0862. The summed E-state index contributed by atoms with van der Waals surface area (Å²) in [5.74, 6) is -0.917. The summed E-state index contributed by atoms with van der Waals surface area (Å²) in [6, 6.07) is 0. The summed E-state index contributed by atoms with van der Waals surface area (Å²) in [6.07, 6.45) is 87.6. The zero-order valence-electron chi connectivity index (χ0n) is 50.7. The molecule has 0 radical (unpaired) electrons. The molecular formula is C71H122O6. The lowest BCUT2D eigenvalue weighted by atomic mass is 10.0. The molecule has 1 unspecified atom stereocenters. The average molecular weight is 1070 g/mol. The summed E-state index contributed by atoms with van der Waals surface area (Å²) in [7, 11) is 0. The van der Waals surface area contributed by atoms with E-state index in [0.717, 1.165) is 122 Å². The normalized spacial score (nSPS) is 12.7. The number of carbonyl (C=O) groups is 3. The van der Waals surface area contributed by atoms with Crippen molar-refractivity contribution in [1.82, 2.24) is 0 Å². The summed E-state index contributed by atoms with van der Waals surface area (Å²) in [5.41, 5.74) is 0. The second kappa shape index (κ2) is 64.9. The maximum atomic E-state index is 12.8. The highest BCUT2D eigenvalue weighted by atomic mass is 16.6. The number of rotatable bonds is 59. The van der Waals surface area contributed by atoms with Crippen LogP contribution in [-0.2, 0) is 28.6 Å². The molecule has 0 aliphatic carbocycles. The van der Waals surface area contributed by atoms with Crippen molar-refractivity contribution < 1.29 is 28.6 Å². The van der Waals surface area contributed by atoms with Crippen LogP contribution in [0.5, 0.6) is 0 Å². The van der Waals surface area contributed by atoms with E-state index in [1.807, 2.05) is 0 Å². The molecule has 6 nitrogen and oxygen atoms in total. The largest absolute Gasteiger partial charge is 0.462 e. The SMILES string of the molecule is CC/C=C\C/C=C\C/C=C\C/C=C\C/C=C\C/C=C\CCCCCCC(=O)OC(COC(=O)CCCCCCC)COC(=O)CCCCCCCCCCCCCCCCCCCCC/C=C\C/C=C\CCCCCCC. The molecule has 0 aliphatic rings. The monoisotopic (exact) mass is 1070 g/mol. The van der Waals surface area contributed by atoms with Crippen molar-refractivity contribution >= 4 is 17.9 Å². The molecule has 0 aliphatic heterocycles. The van der Waals surface area contributed by atoms with Crippen LogP contribution in [-0.4, -0.2) is 37.2 Å². The molecule has 0 aromatic heterocycles. The first kappa shape index (κ1) is 73.3. The van der Waals surface area contributed by atoms with Crippen LogP contribution in [0.2, 0.25) is 0 Å². The minimum Gasteiger partial charge on any atom is -0.462 e. The molecule has 0 fully saturated rings. The zero-order chi connectivity index (χ0) is 55.7. The number of carbonyl (C=O) groups excluding carboxylic acids is 3. The standard InChI is InChI=1S/C71H122O6/c1-4-7-10-13-15-17-19-21-23-25-27-29-31-32-33-34-35-36-37-38-40-41-43-45-47-49-51-53-55-58-61-64-70(73)76-67-68(66-75-69(72)63-60-57-12-9-6-3)77-71(74)65-62-59-56-54-52-50-48-46-44-42-39-30-28-26-24-22-20-18-16-14-11-8-5-2/h8,11,16,18-19,21-22,24-25,27-28,30,42,44,48,50,68H,4-7,9-10,12-15,17,20,23,26,29,31-41,43,45-47,49,51-67H2,1-3H3/b11-8-,18-16-,21-19-,24-22-,27-25-,30-28-,44-42-,50-48-. The van der Waals surface area contributed by atoms with E-state index in [2.05, 4.69) is 118 Å². The Morgan fingerprint density at radius 2 is 0.506 bits per heavy atom. The Kier molecular flexibility index (Phi) is 61.8. The molecule has 6 heteroatoms. The predicted octanol–water partition coefficient (Wildman–Crippen LogP) is 22.4. The maximum Gasteiger partial charge on any atom is 0.306 e. The molecule has 0 heterocycles. The van der Waals surface area contributed by atoms with Gasteiger partial charge in [0.05, 0.1) is 0 Å². The third-order valence-electron chi connectivity index (χ3n) is 14.1. The van der Waals surface area contributed by atoms with Crippen LogP contribution in [0.1, 0.15) is 316 Å². The van der Waals surface area contributed by atoms with Crippen LogP contribution in [0.15, 0.2) is 97.2 Å². The first-order chi connectivity index (χ1) is 38.0. The lowest BCUT2D eigenvalue weighted by Crippen LogP contribution is -2.30. The van der Waals surface area contributed by atoms with Crippen molar-refractivity contribution in [3.63, 3.8) is 0 Å². The van der Waals surface area contributed by atoms with Crippen molar-refractivity contribution in [3.8, 4) is 0 Å². The van der Waals surface area contributed by atoms with Crippen molar-refractivity contribution in [2.45, 2.75) is 322 Å². The Morgan fingerprint density at radius 1 is 0.273 bits per heavy atom. The summed E-state index contributed by atoms with van der Waals surface area (Å²) < 4.78 is 16.8. The van der Waals surface area contributed by atoms with Gasteiger partial charge in [0.2, 0.25) is 0 Å². The van der Waals surface area contributed by atoms with Gasteiger partial charge in [-0.3, -0.25) is 14.4 Å². The Morgan fingerprint density at radius 3 is 0.792 bits per heavy atom. The zero-order valence-corrected chi connectivity index (χ0v) is 50.7. The van der Waals surface area contributed by atoms with E-state index in [0.29, 0.717) is 19.3 Å². The summed E-state index contributed by atoms with van der Waals surface area (Å²) in [4.78, 5) is 37.9. The highest BCUT2D eigenvalue weighted by Crippen LogP contribution is 2.17. The van der Waals surface area contributed by atoms with E-state index >= 15 is 0 Å². The third-order valence-corrected chi connectivity index (χ3v) is 14.1. The highest BCUT2D eigenvalue weighted by molar-refractivity contribution is 5.71. The van der Waals surface area contributed by atoms with Crippen molar-refractivity contribution in [2.75, 3.05) is 13.2 Å². The summed E-state index contributed by atoms with van der Waals surface area (Å²) in [5, 5.41) is 0. The Hall–Kier alpha value is -3.67. The minimum atomic E-state index is -0.788. The second-order valence-electron chi connectivity index (χ2n) is 21.6. The van der Waals surface area contributed by atoms with Gasteiger partial charge in [-0.25, -0.2) is 0 Å². The number of unbranched alkanes of at least 4 members (excludes halogenated alkanes) is 32. The van der Waals surface area contributed by atoms with Gasteiger partial charge in [-0.05, 0) is 103 Å². The Balaban J connectivity index is 4.03. The van der Waals surface area contributed by atoms with Crippen LogP contribution >= 0.6 is 0 Å². The van der Waals surface area contributed by atoms with Gasteiger partial charge in [-0.1, -0.05) is 291 Å². The van der Waals surface area contributed by atoms with Crippen molar-refractivity contribution in [1.29, 1.82) is 0 Å². The lowest BCUT2D eigenvalue weighted by molar-refractivity contribution is -0.167. The molecule has 442 valence electrons. The van der Waals surface area contributed by atoms with Crippen LogP contribution in [0.25, 0.3) is 0 Å². The molecule has 1 atom stereocenters. The molecule has 0 N–H and O–H groups in total. The first-order valence-corrected chi connectivity index (χ1v) is 32.7. The summed E-state index contributed by atoms with van der Waals surface area (Å²) in [6.45, 7) is 6.43. The number of esters is 3. The van der Waals surface area contributed by atoms with Gasteiger partial charge >= 0.3 is 17.9 Å². The van der Waals surface area contributed by atoms with E-state index < -0.39 is 6.10 Å². The number of allylic oxidation sites excluding steroid dienone is 16. The van der Waals surface area contributed by atoms with Gasteiger partial charge in [-0.2, -0.15) is 0 Å². The molecule has 0 aromatic carbocycles. The molecule has 0 amide bonds. The van der Waals surface area contributed by atoms with E-state index in [1.54, 1.807) is 0 Å². The van der Waals surface area contributed by atoms with Crippen LogP contribution in [0, 0.1) is 0 Å². The smallest absolute Gasteiger partial charge is 0.306 e. The van der Waals surface area contributed by atoms with Crippen LogP contribution in [0.3, 0.4) is 0 Å². The van der Waals surface area contributed by atoms with E-state index in [1.165, 1.54) is 154 Å². The second-order valence-corrected chi connectivity index (χ2v) is 21.6. The maximum absolute atomic E-state index is 12.8. The van der Waals surface area contributed by atoms with Gasteiger partial charge in [-0.15, -0.1) is 0 Å². The van der Waals surface area contributed by atoms with E-state index in [-0.39, 0.29) is 31.1 Å². The predicted molar refractivity (Wildman–Crippen MR) is 334 cm³/mol. The molecule has 0 rings (SSSR count). The molecule has 0 bridgehead atoms. The van der Waals surface area contributed by atoms with Gasteiger partial charge in [0.25, 0.3) is 0 Å². The topological polar surface area (TPSA) is 78.9 Å². The molecule has 0 saturated heterocycles. The van der Waals surface area contributed by atoms with Crippen molar-refractivity contribution in [2.24, 2.45) is 0 Å². The first-order valence-electron chi connectivity index (χ1n) is 32.7. The van der Waals surface area contributed by atoms with Gasteiger partial charge in [0, 0.05) is 19.3 Å². The summed E-state index contributed by atoms with van der Waals surface area (Å²) >= 11 is 0. The molecule has 0 saturated carbocycles. The van der Waals surface area contributed by atoms with Crippen molar-refractivity contribution in [3.05, 3.63) is 97.2 Å². The number of ether oxygens (including phenoxy) is 3. The van der Waals surface area contributed by atoms with Gasteiger partial charge in [0.1, 0.15) is 13.2 Å². The fourth-order valence-electron chi connectivity index (χ4n) is 9.18. The van der Waals surface area contributed by atoms with E-state index in [9.17, 15) is 14.4 Å². The average Bonchev–Trinajstić information content (AvgIpc) is 3.43. The highest BCUT2D eigenvalue weighted by Gasteiger charge is 2.19. The van der Waals surface area contributed by atoms with Crippen LogP contribution < -0.4 is 0 Å². The van der Waals surface area contributed by atoms with Crippen LogP contribution in [0.4, 0.5) is 0 Å². The number of hydrogen-bond donors (Lipinski definition) is 0. The lowest BCUT2D eigenvalue weighted by Gasteiger charge is -2.18. The molecule has 0 spiro atoms. The fraction of sp³-hybridized carbons (Fsp3) is 0.732. The Bertz CT molecular complexity index is 1510. The molecular weight excluding hydrogens is 949 g/mol. The van der Waals surface area contributed by atoms with E-state index in [4.69, 9.17) is 14.2 Å². The van der Waals surface area contributed by atoms with Gasteiger partial charge in [0.15, 0.2) is 6.10 Å². The fourth-order valence-corrected chi connectivity index (χ4v) is 9.18. The molecule has 77 heavy (non-hydrogen) atoms.